The van der Waals surface area contributed by atoms with Crippen LogP contribution in [-0.4, -0.2) is 48.1 Å². The first kappa shape index (κ1) is 24.5. The van der Waals surface area contributed by atoms with E-state index in [2.05, 4.69) is 13.8 Å². The normalized spacial score (nSPS) is 17.9. The fraction of sp³-hybridized carbons (Fsp3) is 0.407. The minimum atomic E-state index is -0.691. The number of methoxy groups -OCH3 is 1. The number of likely N-dealkylation sites (tertiary alicyclic amines) is 1. The zero-order valence-corrected chi connectivity index (χ0v) is 20.2. The van der Waals surface area contributed by atoms with Crippen LogP contribution in [0.4, 0.5) is 0 Å². The van der Waals surface area contributed by atoms with Crippen molar-refractivity contribution in [2.24, 2.45) is 0 Å². The maximum atomic E-state index is 13.1. The molecule has 1 amide bonds. The number of rotatable bonds is 8. The molecule has 1 unspecified atom stereocenters. The SMILES string of the molecule is COc1ccc(/C(O)=C2/C(=O)C(=O)N(CCOC(C)C)C2c2ccc(C(C)C)cc2)cc1C. The number of ether oxygens (including phenoxy) is 2. The molecule has 0 aliphatic carbocycles. The van der Waals surface area contributed by atoms with Gasteiger partial charge in [-0.05, 0) is 61.6 Å². The van der Waals surface area contributed by atoms with Crippen LogP contribution in [0.1, 0.15) is 61.9 Å². The molecule has 0 bridgehead atoms. The summed E-state index contributed by atoms with van der Waals surface area (Å²) in [6.07, 6.45) is 0.00729. The maximum absolute atomic E-state index is 13.1. The third-order valence-corrected chi connectivity index (χ3v) is 5.91. The van der Waals surface area contributed by atoms with Crippen LogP contribution in [0.25, 0.3) is 5.76 Å². The predicted molar refractivity (Wildman–Crippen MR) is 128 cm³/mol. The minimum Gasteiger partial charge on any atom is -0.507 e. The molecular formula is C27H33NO5. The number of ketones is 1. The molecule has 0 spiro atoms. The molecule has 176 valence electrons. The van der Waals surface area contributed by atoms with E-state index in [1.54, 1.807) is 25.3 Å². The van der Waals surface area contributed by atoms with Crippen molar-refractivity contribution in [3.63, 3.8) is 0 Å². The number of hydrogen-bond acceptors (Lipinski definition) is 5. The zero-order chi connectivity index (χ0) is 24.3. The van der Waals surface area contributed by atoms with Crippen LogP contribution < -0.4 is 4.74 Å². The molecule has 6 heteroatoms. The summed E-state index contributed by atoms with van der Waals surface area (Å²) in [5, 5.41) is 11.2. The topological polar surface area (TPSA) is 76.1 Å². The molecule has 2 aromatic rings. The van der Waals surface area contributed by atoms with Crippen LogP contribution in [0.2, 0.25) is 0 Å². The number of Topliss-reactive ketones (excluding diaryl/α,β-unsaturated/α-hetero) is 1. The Kier molecular flexibility index (Phi) is 7.59. The molecule has 2 aromatic carbocycles. The largest absolute Gasteiger partial charge is 0.507 e. The van der Waals surface area contributed by atoms with E-state index in [9.17, 15) is 14.7 Å². The molecule has 6 nitrogen and oxygen atoms in total. The highest BCUT2D eigenvalue weighted by Gasteiger charge is 2.45. The summed E-state index contributed by atoms with van der Waals surface area (Å²) in [6, 6.07) is 12.3. The molecule has 1 saturated heterocycles. The first-order chi connectivity index (χ1) is 15.6. The average Bonchev–Trinajstić information content (AvgIpc) is 3.03. The van der Waals surface area contributed by atoms with E-state index < -0.39 is 17.7 Å². The first-order valence-corrected chi connectivity index (χ1v) is 11.3. The van der Waals surface area contributed by atoms with E-state index in [0.29, 0.717) is 23.8 Å². The lowest BCUT2D eigenvalue weighted by Crippen LogP contribution is -2.33. The second-order valence-corrected chi connectivity index (χ2v) is 8.92. The van der Waals surface area contributed by atoms with E-state index in [0.717, 1.165) is 16.7 Å². The summed E-state index contributed by atoms with van der Waals surface area (Å²) in [4.78, 5) is 27.6. The van der Waals surface area contributed by atoms with Gasteiger partial charge in [-0.3, -0.25) is 9.59 Å². The Morgan fingerprint density at radius 2 is 1.73 bits per heavy atom. The number of nitrogens with zero attached hydrogens (tertiary/aromatic N) is 1. The zero-order valence-electron chi connectivity index (χ0n) is 20.2. The number of aryl methyl sites for hydroxylation is 1. The molecule has 33 heavy (non-hydrogen) atoms. The summed E-state index contributed by atoms with van der Waals surface area (Å²) >= 11 is 0. The second-order valence-electron chi connectivity index (χ2n) is 8.92. The van der Waals surface area contributed by atoms with E-state index in [4.69, 9.17) is 9.47 Å². The summed E-state index contributed by atoms with van der Waals surface area (Å²) in [6.45, 7) is 10.5. The Morgan fingerprint density at radius 3 is 2.27 bits per heavy atom. The first-order valence-electron chi connectivity index (χ1n) is 11.3. The summed E-state index contributed by atoms with van der Waals surface area (Å²) in [5.74, 6) is -0.481. The number of benzene rings is 2. The molecular weight excluding hydrogens is 418 g/mol. The molecule has 3 rings (SSSR count). The Hall–Kier alpha value is -3.12. The van der Waals surface area contributed by atoms with E-state index in [-0.39, 0.29) is 24.0 Å². The van der Waals surface area contributed by atoms with Crippen LogP contribution in [-0.2, 0) is 14.3 Å². The van der Waals surface area contributed by atoms with E-state index in [1.165, 1.54) is 4.90 Å². The molecule has 1 atom stereocenters. The summed E-state index contributed by atoms with van der Waals surface area (Å²) < 4.78 is 11.0. The van der Waals surface area contributed by atoms with Gasteiger partial charge in [-0.1, -0.05) is 38.1 Å². The van der Waals surface area contributed by atoms with Crippen LogP contribution in [0.15, 0.2) is 48.0 Å². The lowest BCUT2D eigenvalue weighted by atomic mass is 9.93. The predicted octanol–water partition coefficient (Wildman–Crippen LogP) is 4.97. The number of carbonyl (C=O) groups excluding carboxylic acids is 2. The lowest BCUT2D eigenvalue weighted by Gasteiger charge is -2.26. The van der Waals surface area contributed by atoms with Crippen molar-refractivity contribution in [2.45, 2.75) is 52.7 Å². The third kappa shape index (κ3) is 5.11. The number of aliphatic hydroxyl groups excluding tert-OH is 1. The molecule has 0 radical (unpaired) electrons. The Bertz CT molecular complexity index is 1050. The van der Waals surface area contributed by atoms with Gasteiger partial charge in [0, 0.05) is 12.1 Å². The standard InChI is InChI=1S/C27H33NO5/c1-16(2)19-7-9-20(10-8-19)24-23(25(29)21-11-12-22(32-6)18(5)15-21)26(30)27(31)28(24)13-14-33-17(3)4/h7-12,15-17,24,29H,13-14H2,1-6H3/b25-23-. The van der Waals surface area contributed by atoms with Crippen molar-refractivity contribution >= 4 is 17.4 Å². The van der Waals surface area contributed by atoms with Gasteiger partial charge >= 0.3 is 0 Å². The molecule has 1 aliphatic heterocycles. The van der Waals surface area contributed by atoms with Crippen molar-refractivity contribution in [1.82, 2.24) is 4.90 Å². The molecule has 1 heterocycles. The van der Waals surface area contributed by atoms with Crippen molar-refractivity contribution in [2.75, 3.05) is 20.3 Å². The lowest BCUT2D eigenvalue weighted by molar-refractivity contribution is -0.140. The van der Waals surface area contributed by atoms with Crippen molar-refractivity contribution in [3.8, 4) is 5.75 Å². The molecule has 1 N–H and O–H groups in total. The van der Waals surface area contributed by atoms with Crippen LogP contribution in [0.5, 0.6) is 5.75 Å². The Morgan fingerprint density at radius 1 is 1.06 bits per heavy atom. The number of amides is 1. The average molecular weight is 452 g/mol. The van der Waals surface area contributed by atoms with Crippen molar-refractivity contribution in [3.05, 3.63) is 70.3 Å². The van der Waals surface area contributed by atoms with Gasteiger partial charge in [-0.25, -0.2) is 0 Å². The number of aliphatic hydroxyl groups is 1. The summed E-state index contributed by atoms with van der Waals surface area (Å²) in [5.41, 5.74) is 3.30. The minimum absolute atomic E-state index is 0.00729. The van der Waals surface area contributed by atoms with Crippen LogP contribution in [0.3, 0.4) is 0 Å². The second kappa shape index (κ2) is 10.2. The van der Waals surface area contributed by atoms with Gasteiger partial charge in [0.25, 0.3) is 11.7 Å². The van der Waals surface area contributed by atoms with Gasteiger partial charge in [-0.2, -0.15) is 0 Å². The Balaban J connectivity index is 2.10. The number of hydrogen-bond donors (Lipinski definition) is 1. The fourth-order valence-electron chi connectivity index (χ4n) is 4.09. The third-order valence-electron chi connectivity index (χ3n) is 5.91. The Labute approximate surface area is 195 Å². The highest BCUT2D eigenvalue weighted by atomic mass is 16.5. The molecule has 1 aliphatic rings. The number of carbonyl (C=O) groups is 2. The van der Waals surface area contributed by atoms with Crippen LogP contribution in [0, 0.1) is 6.92 Å². The van der Waals surface area contributed by atoms with Crippen LogP contribution >= 0.6 is 0 Å². The van der Waals surface area contributed by atoms with E-state index >= 15 is 0 Å². The van der Waals surface area contributed by atoms with Gasteiger partial charge < -0.3 is 19.5 Å². The van der Waals surface area contributed by atoms with Crippen molar-refractivity contribution in [1.29, 1.82) is 0 Å². The highest BCUT2D eigenvalue weighted by molar-refractivity contribution is 6.46. The maximum Gasteiger partial charge on any atom is 0.295 e. The molecule has 1 fully saturated rings. The van der Waals surface area contributed by atoms with Gasteiger partial charge in [0.2, 0.25) is 0 Å². The monoisotopic (exact) mass is 451 g/mol. The van der Waals surface area contributed by atoms with Gasteiger partial charge in [0.15, 0.2) is 0 Å². The highest BCUT2D eigenvalue weighted by Crippen LogP contribution is 2.40. The smallest absolute Gasteiger partial charge is 0.295 e. The van der Waals surface area contributed by atoms with Crippen molar-refractivity contribution < 1.29 is 24.2 Å². The van der Waals surface area contributed by atoms with E-state index in [1.807, 2.05) is 45.0 Å². The van der Waals surface area contributed by atoms with Gasteiger partial charge in [0.05, 0.1) is 31.4 Å². The van der Waals surface area contributed by atoms with Gasteiger partial charge in [0.1, 0.15) is 11.5 Å². The summed E-state index contributed by atoms with van der Waals surface area (Å²) in [7, 11) is 1.58. The van der Waals surface area contributed by atoms with Gasteiger partial charge in [-0.15, -0.1) is 0 Å². The molecule has 0 saturated carbocycles. The fourth-order valence-corrected chi connectivity index (χ4v) is 4.09. The quantitative estimate of drug-likeness (QED) is 0.348. The molecule has 0 aromatic heterocycles.